The minimum Gasteiger partial charge on any atom is -0.494 e. The van der Waals surface area contributed by atoms with Crippen LogP contribution in [-0.2, 0) is 9.05 Å². The Morgan fingerprint density at radius 2 is 2.18 bits per heavy atom. The van der Waals surface area contributed by atoms with Crippen molar-refractivity contribution in [2.45, 2.75) is 11.3 Å². The minimum absolute atomic E-state index is 0.240. The van der Waals surface area contributed by atoms with Gasteiger partial charge in [0.15, 0.2) is 11.4 Å². The summed E-state index contributed by atoms with van der Waals surface area (Å²) >= 11 is 0. The highest BCUT2D eigenvalue weighted by Crippen LogP contribution is 2.31. The Morgan fingerprint density at radius 1 is 1.59 bits per heavy atom. The average Bonchev–Trinajstić information content (AvgIpc) is 2.25. The fourth-order valence-corrected chi connectivity index (χ4v) is 2.08. The summed E-state index contributed by atoms with van der Waals surface area (Å²) in [5, 5.41) is 8.63. The predicted octanol–water partition coefficient (Wildman–Crippen LogP) is 1.83. The Morgan fingerprint density at radius 3 is 2.53 bits per heavy atom. The van der Waals surface area contributed by atoms with Crippen molar-refractivity contribution in [1.29, 1.82) is 5.26 Å². The van der Waals surface area contributed by atoms with Crippen molar-refractivity contribution in [3.63, 3.8) is 0 Å². The first-order valence-corrected chi connectivity index (χ1v) is 6.34. The van der Waals surface area contributed by atoms with Crippen LogP contribution in [0.2, 0.25) is 0 Å². The van der Waals surface area contributed by atoms with Crippen molar-refractivity contribution >= 4 is 19.7 Å². The molecule has 0 saturated carbocycles. The van der Waals surface area contributed by atoms with Gasteiger partial charge in [0.1, 0.15) is 16.7 Å². The van der Waals surface area contributed by atoms with Crippen molar-refractivity contribution in [1.82, 2.24) is 4.98 Å². The maximum absolute atomic E-state index is 12.6. The van der Waals surface area contributed by atoms with Gasteiger partial charge in [-0.2, -0.15) is 5.26 Å². The second kappa shape index (κ2) is 4.81. The molecule has 0 aliphatic heterocycles. The summed E-state index contributed by atoms with van der Waals surface area (Å²) in [6, 6.07) is 2.26. The summed E-state index contributed by atoms with van der Waals surface area (Å²) in [4.78, 5) is 2.36. The Kier molecular flexibility index (Phi) is 3.85. The van der Waals surface area contributed by atoms with Gasteiger partial charge in [-0.15, -0.1) is 0 Å². The lowest BCUT2D eigenvalue weighted by atomic mass is 10.3. The van der Waals surface area contributed by atoms with Crippen LogP contribution in [0.1, 0.15) is 17.8 Å². The van der Waals surface area contributed by atoms with E-state index in [1.807, 2.05) is 0 Å². The number of alkyl halides is 2. The summed E-state index contributed by atoms with van der Waals surface area (Å²) < 4.78 is 52.0. The molecule has 0 amide bonds. The minimum atomic E-state index is -4.40. The molecular formula is C8H5ClF2N2O3S. The summed E-state index contributed by atoms with van der Waals surface area (Å²) in [5.74, 6) is -0.240. The van der Waals surface area contributed by atoms with Gasteiger partial charge in [-0.3, -0.25) is 0 Å². The molecule has 1 rings (SSSR count). The van der Waals surface area contributed by atoms with Crippen molar-refractivity contribution in [3.05, 3.63) is 17.5 Å². The molecule has 0 unspecified atom stereocenters. The van der Waals surface area contributed by atoms with E-state index in [0.29, 0.717) is 0 Å². The molecule has 0 bridgehead atoms. The number of rotatable bonds is 3. The number of pyridine rings is 1. The zero-order valence-electron chi connectivity index (χ0n) is 8.32. The van der Waals surface area contributed by atoms with E-state index in [-0.39, 0.29) is 5.75 Å². The Labute approximate surface area is 100 Å². The second-order valence-corrected chi connectivity index (χ2v) is 5.31. The molecule has 0 N–H and O–H groups in total. The fraction of sp³-hybridized carbons (Fsp3) is 0.250. The monoisotopic (exact) mass is 282 g/mol. The zero-order chi connectivity index (χ0) is 13.2. The first-order chi connectivity index (χ1) is 7.81. The molecule has 0 atom stereocenters. The molecule has 9 heteroatoms. The molecule has 1 heterocycles. The second-order valence-electron chi connectivity index (χ2n) is 2.77. The number of aromatic nitrogens is 1. The highest BCUT2D eigenvalue weighted by molar-refractivity contribution is 8.13. The molecular weight excluding hydrogens is 278 g/mol. The zero-order valence-corrected chi connectivity index (χ0v) is 9.89. The third-order valence-electron chi connectivity index (χ3n) is 1.78. The van der Waals surface area contributed by atoms with Gasteiger partial charge in [0, 0.05) is 16.7 Å². The van der Waals surface area contributed by atoms with Crippen LogP contribution < -0.4 is 4.74 Å². The van der Waals surface area contributed by atoms with Gasteiger partial charge in [0.05, 0.1) is 7.11 Å². The van der Waals surface area contributed by atoms with Crippen molar-refractivity contribution in [2.24, 2.45) is 0 Å². The number of ether oxygens (including phenoxy) is 1. The van der Waals surface area contributed by atoms with Crippen LogP contribution in [0, 0.1) is 11.3 Å². The van der Waals surface area contributed by atoms with Crippen molar-refractivity contribution in [3.8, 4) is 11.8 Å². The maximum atomic E-state index is 12.6. The van der Waals surface area contributed by atoms with Gasteiger partial charge in [-0.05, 0) is 0 Å². The van der Waals surface area contributed by atoms with Gasteiger partial charge in [-0.1, -0.05) is 0 Å². The van der Waals surface area contributed by atoms with Gasteiger partial charge >= 0.3 is 0 Å². The molecule has 0 fully saturated rings. The van der Waals surface area contributed by atoms with E-state index < -0.39 is 31.8 Å². The average molecular weight is 283 g/mol. The van der Waals surface area contributed by atoms with Crippen LogP contribution in [-0.4, -0.2) is 20.5 Å². The fourth-order valence-electron chi connectivity index (χ4n) is 1.08. The van der Waals surface area contributed by atoms with Crippen molar-refractivity contribution < 1.29 is 21.9 Å². The molecule has 0 spiro atoms. The highest BCUT2D eigenvalue weighted by Gasteiger charge is 2.26. The van der Waals surface area contributed by atoms with Crippen LogP contribution in [0.4, 0.5) is 8.78 Å². The number of nitrogens with zero attached hydrogens (tertiary/aromatic N) is 2. The number of hydrogen-bond donors (Lipinski definition) is 0. The van der Waals surface area contributed by atoms with Crippen LogP contribution >= 0.6 is 10.7 Å². The van der Waals surface area contributed by atoms with Gasteiger partial charge < -0.3 is 4.74 Å². The third kappa shape index (κ3) is 2.81. The molecule has 1 aromatic heterocycles. The molecule has 0 aromatic carbocycles. The van der Waals surface area contributed by atoms with Crippen LogP contribution in [0.5, 0.6) is 5.75 Å². The molecule has 17 heavy (non-hydrogen) atoms. The first-order valence-electron chi connectivity index (χ1n) is 4.03. The summed E-state index contributed by atoms with van der Waals surface area (Å²) in [7, 11) is 1.74. The summed E-state index contributed by atoms with van der Waals surface area (Å²) in [6.07, 6.45) is -3.17. The number of nitriles is 1. The lowest BCUT2D eigenvalue weighted by Crippen LogP contribution is -2.05. The lowest BCUT2D eigenvalue weighted by molar-refractivity contribution is 0.142. The quantitative estimate of drug-likeness (QED) is 0.790. The summed E-state index contributed by atoms with van der Waals surface area (Å²) in [6.45, 7) is 0. The van der Waals surface area contributed by atoms with E-state index in [1.165, 1.54) is 6.07 Å². The third-order valence-corrected chi connectivity index (χ3v) is 3.13. The Balaban J connectivity index is 3.65. The molecule has 0 radical (unpaired) electrons. The SMILES string of the molecule is COc1cc(S(=O)(=O)Cl)c(C(F)F)nc1C#N. The molecule has 5 nitrogen and oxygen atoms in total. The number of halogens is 3. The standard InChI is InChI=1S/C8H5ClF2N2O3S/c1-16-5-2-6(17(9,14)15)7(8(10)11)13-4(5)3-12/h2,8H,1H3. The van der Waals surface area contributed by atoms with Crippen LogP contribution in [0.15, 0.2) is 11.0 Å². The molecule has 0 saturated heterocycles. The summed E-state index contributed by atoms with van der Waals surface area (Å²) in [5.41, 5.74) is -1.51. The van der Waals surface area contributed by atoms with Gasteiger partial charge in [0.25, 0.3) is 15.5 Å². The molecule has 1 aromatic rings. The first kappa shape index (κ1) is 13.6. The van der Waals surface area contributed by atoms with Crippen LogP contribution in [0.25, 0.3) is 0 Å². The van der Waals surface area contributed by atoms with Gasteiger partial charge in [0.2, 0.25) is 0 Å². The Bertz CT molecular complexity index is 583. The van der Waals surface area contributed by atoms with E-state index in [1.54, 1.807) is 0 Å². The molecule has 0 aliphatic carbocycles. The number of hydrogen-bond acceptors (Lipinski definition) is 5. The largest absolute Gasteiger partial charge is 0.494 e. The van der Waals surface area contributed by atoms with Crippen molar-refractivity contribution in [2.75, 3.05) is 7.11 Å². The Hall–Kier alpha value is -1.46. The molecule has 0 aliphatic rings. The van der Waals surface area contributed by atoms with E-state index >= 15 is 0 Å². The highest BCUT2D eigenvalue weighted by atomic mass is 35.7. The smallest absolute Gasteiger partial charge is 0.281 e. The number of methoxy groups -OCH3 is 1. The van der Waals surface area contributed by atoms with E-state index in [9.17, 15) is 17.2 Å². The topological polar surface area (TPSA) is 80.1 Å². The predicted molar refractivity (Wildman–Crippen MR) is 53.5 cm³/mol. The lowest BCUT2D eigenvalue weighted by Gasteiger charge is -2.08. The van der Waals surface area contributed by atoms with E-state index in [0.717, 1.165) is 13.2 Å². The normalized spacial score (nSPS) is 11.3. The van der Waals surface area contributed by atoms with E-state index in [2.05, 4.69) is 9.72 Å². The van der Waals surface area contributed by atoms with E-state index in [4.69, 9.17) is 15.9 Å². The van der Waals surface area contributed by atoms with Crippen LogP contribution in [0.3, 0.4) is 0 Å². The molecule has 92 valence electrons. The van der Waals surface area contributed by atoms with Gasteiger partial charge in [-0.25, -0.2) is 22.2 Å². The maximum Gasteiger partial charge on any atom is 0.281 e.